The van der Waals surface area contributed by atoms with Gasteiger partial charge in [0, 0.05) is 24.2 Å². The van der Waals surface area contributed by atoms with E-state index in [4.69, 9.17) is 4.74 Å². The fourth-order valence-electron chi connectivity index (χ4n) is 1.72. The van der Waals surface area contributed by atoms with E-state index in [1.165, 1.54) is 0 Å². The lowest BCUT2D eigenvalue weighted by Gasteiger charge is -2.17. The van der Waals surface area contributed by atoms with Gasteiger partial charge in [0.05, 0.1) is 25.0 Å². The summed E-state index contributed by atoms with van der Waals surface area (Å²) in [5.74, 6) is 0.595. The molecule has 0 spiro atoms. The molecular weight excluding hydrogens is 216 g/mol. The van der Waals surface area contributed by atoms with Crippen molar-refractivity contribution >= 4 is 0 Å². The Hall–Kier alpha value is -2.01. The summed E-state index contributed by atoms with van der Waals surface area (Å²) in [7, 11) is 3.47. The third-order valence-corrected chi connectivity index (χ3v) is 2.47. The van der Waals surface area contributed by atoms with Crippen LogP contribution in [0.15, 0.2) is 36.9 Å². The molecule has 5 heteroatoms. The Kier molecular flexibility index (Phi) is 3.62. The van der Waals surface area contributed by atoms with Crippen molar-refractivity contribution in [1.82, 2.24) is 20.3 Å². The van der Waals surface area contributed by atoms with Crippen molar-refractivity contribution in [3.05, 3.63) is 48.2 Å². The van der Waals surface area contributed by atoms with E-state index < -0.39 is 0 Å². The summed E-state index contributed by atoms with van der Waals surface area (Å²) in [4.78, 5) is 12.5. The van der Waals surface area contributed by atoms with Gasteiger partial charge >= 0.3 is 0 Å². The third kappa shape index (κ3) is 2.39. The minimum absolute atomic E-state index is 0.0765. The van der Waals surface area contributed by atoms with Crippen LogP contribution in [0.4, 0.5) is 0 Å². The average Bonchev–Trinajstić information content (AvgIpc) is 2.41. The van der Waals surface area contributed by atoms with Gasteiger partial charge in [0.15, 0.2) is 0 Å². The molecule has 88 valence electrons. The van der Waals surface area contributed by atoms with Crippen LogP contribution < -0.4 is 10.1 Å². The van der Waals surface area contributed by atoms with Gasteiger partial charge in [-0.15, -0.1) is 0 Å². The molecule has 0 bridgehead atoms. The summed E-state index contributed by atoms with van der Waals surface area (Å²) in [6.07, 6.45) is 6.75. The van der Waals surface area contributed by atoms with E-state index >= 15 is 0 Å². The second-order valence-electron chi connectivity index (χ2n) is 3.45. The Morgan fingerprint density at radius 2 is 2.12 bits per heavy atom. The van der Waals surface area contributed by atoms with E-state index in [1.807, 2.05) is 19.2 Å². The zero-order valence-electron chi connectivity index (χ0n) is 9.79. The van der Waals surface area contributed by atoms with Crippen molar-refractivity contribution in [1.29, 1.82) is 0 Å². The molecule has 0 radical (unpaired) electrons. The topological polar surface area (TPSA) is 59.9 Å². The molecule has 0 fully saturated rings. The molecule has 0 saturated heterocycles. The van der Waals surface area contributed by atoms with Crippen LogP contribution in [0.2, 0.25) is 0 Å². The Bertz CT molecular complexity index is 475. The number of pyridine rings is 1. The maximum atomic E-state index is 5.25. The minimum Gasteiger partial charge on any atom is -0.481 e. The van der Waals surface area contributed by atoms with Crippen molar-refractivity contribution in [3.8, 4) is 5.88 Å². The predicted octanol–water partition coefficient (Wildman–Crippen LogP) is 1.19. The van der Waals surface area contributed by atoms with Crippen molar-refractivity contribution in [3.63, 3.8) is 0 Å². The zero-order valence-corrected chi connectivity index (χ0v) is 9.79. The van der Waals surface area contributed by atoms with Gasteiger partial charge < -0.3 is 10.1 Å². The van der Waals surface area contributed by atoms with E-state index in [-0.39, 0.29) is 6.04 Å². The maximum absolute atomic E-state index is 5.25. The minimum atomic E-state index is -0.0765. The molecular formula is C12H14N4O. The lowest BCUT2D eigenvalue weighted by Crippen LogP contribution is -2.20. The Morgan fingerprint density at radius 3 is 2.76 bits per heavy atom. The first kappa shape index (κ1) is 11.5. The number of hydrogen-bond acceptors (Lipinski definition) is 5. The molecule has 5 nitrogen and oxygen atoms in total. The number of ether oxygens (including phenoxy) is 1. The Balaban J connectivity index is 2.42. The Morgan fingerprint density at radius 1 is 1.24 bits per heavy atom. The number of methoxy groups -OCH3 is 1. The van der Waals surface area contributed by atoms with Gasteiger partial charge in [-0.2, -0.15) is 0 Å². The number of rotatable bonds is 4. The fraction of sp³-hybridized carbons (Fsp3) is 0.250. The number of nitrogens with zero attached hydrogens (tertiary/aromatic N) is 3. The Labute approximate surface area is 99.9 Å². The predicted molar refractivity (Wildman–Crippen MR) is 63.7 cm³/mol. The van der Waals surface area contributed by atoms with Gasteiger partial charge in [-0.05, 0) is 13.1 Å². The van der Waals surface area contributed by atoms with Crippen molar-refractivity contribution in [2.45, 2.75) is 6.04 Å². The van der Waals surface area contributed by atoms with Gasteiger partial charge in [0.1, 0.15) is 0 Å². The average molecular weight is 230 g/mol. The molecule has 1 unspecified atom stereocenters. The highest BCUT2D eigenvalue weighted by Gasteiger charge is 2.18. The number of aromatic nitrogens is 3. The molecule has 2 rings (SSSR count). The molecule has 0 aliphatic heterocycles. The SMILES string of the molecule is CNC(c1cnccn1)c1cccnc1OC. The molecule has 1 atom stereocenters. The maximum Gasteiger partial charge on any atom is 0.218 e. The van der Waals surface area contributed by atoms with Gasteiger partial charge in [0.2, 0.25) is 5.88 Å². The molecule has 2 aromatic rings. The molecule has 17 heavy (non-hydrogen) atoms. The van der Waals surface area contributed by atoms with Crippen LogP contribution in [0.25, 0.3) is 0 Å². The van der Waals surface area contributed by atoms with Gasteiger partial charge in [-0.1, -0.05) is 6.07 Å². The lowest BCUT2D eigenvalue weighted by atomic mass is 10.1. The summed E-state index contributed by atoms with van der Waals surface area (Å²) >= 11 is 0. The lowest BCUT2D eigenvalue weighted by molar-refractivity contribution is 0.388. The highest BCUT2D eigenvalue weighted by atomic mass is 16.5. The van der Waals surface area contributed by atoms with Crippen LogP contribution in [0.1, 0.15) is 17.3 Å². The summed E-state index contributed by atoms with van der Waals surface area (Å²) in [6.45, 7) is 0. The van der Waals surface area contributed by atoms with Crippen molar-refractivity contribution < 1.29 is 4.74 Å². The zero-order chi connectivity index (χ0) is 12.1. The van der Waals surface area contributed by atoms with E-state index in [9.17, 15) is 0 Å². The second-order valence-corrected chi connectivity index (χ2v) is 3.45. The van der Waals surface area contributed by atoms with Crippen LogP contribution in [-0.4, -0.2) is 29.1 Å². The monoisotopic (exact) mass is 230 g/mol. The first-order valence-electron chi connectivity index (χ1n) is 5.29. The fourth-order valence-corrected chi connectivity index (χ4v) is 1.72. The molecule has 0 aliphatic rings. The molecule has 0 aromatic carbocycles. The van der Waals surface area contributed by atoms with E-state index in [1.54, 1.807) is 31.9 Å². The summed E-state index contributed by atoms with van der Waals surface area (Å²) in [5.41, 5.74) is 1.78. The van der Waals surface area contributed by atoms with E-state index in [2.05, 4.69) is 20.3 Å². The van der Waals surface area contributed by atoms with Gasteiger partial charge in [0.25, 0.3) is 0 Å². The highest BCUT2D eigenvalue weighted by Crippen LogP contribution is 2.25. The molecule has 2 aromatic heterocycles. The quantitative estimate of drug-likeness (QED) is 0.855. The normalized spacial score (nSPS) is 12.1. The molecule has 2 heterocycles. The molecule has 0 saturated carbocycles. The van der Waals surface area contributed by atoms with Crippen LogP contribution in [0.3, 0.4) is 0 Å². The van der Waals surface area contributed by atoms with Crippen LogP contribution in [-0.2, 0) is 0 Å². The van der Waals surface area contributed by atoms with Crippen LogP contribution >= 0.6 is 0 Å². The summed E-state index contributed by atoms with van der Waals surface area (Å²) in [5, 5.41) is 3.19. The standard InChI is InChI=1S/C12H14N4O/c1-13-11(10-8-14-6-7-15-10)9-4-3-5-16-12(9)17-2/h3-8,11,13H,1-2H3. The van der Waals surface area contributed by atoms with E-state index in [0.29, 0.717) is 5.88 Å². The molecule has 0 amide bonds. The number of nitrogens with one attached hydrogen (secondary N) is 1. The first-order valence-corrected chi connectivity index (χ1v) is 5.29. The molecule has 0 aliphatic carbocycles. The van der Waals surface area contributed by atoms with Gasteiger partial charge in [-0.3, -0.25) is 9.97 Å². The van der Waals surface area contributed by atoms with Crippen LogP contribution in [0.5, 0.6) is 5.88 Å². The number of hydrogen-bond donors (Lipinski definition) is 1. The first-order chi connectivity index (χ1) is 8.36. The van der Waals surface area contributed by atoms with Crippen molar-refractivity contribution in [2.75, 3.05) is 14.2 Å². The van der Waals surface area contributed by atoms with Gasteiger partial charge in [-0.25, -0.2) is 4.98 Å². The summed E-state index contributed by atoms with van der Waals surface area (Å²) in [6, 6.07) is 3.76. The second kappa shape index (κ2) is 5.36. The molecule has 1 N–H and O–H groups in total. The smallest absolute Gasteiger partial charge is 0.218 e. The van der Waals surface area contributed by atoms with Crippen molar-refractivity contribution in [2.24, 2.45) is 0 Å². The summed E-state index contributed by atoms with van der Waals surface area (Å²) < 4.78 is 5.25. The highest BCUT2D eigenvalue weighted by molar-refractivity contribution is 5.33. The third-order valence-electron chi connectivity index (χ3n) is 2.47. The van der Waals surface area contributed by atoms with E-state index in [0.717, 1.165) is 11.3 Å². The largest absolute Gasteiger partial charge is 0.481 e. The van der Waals surface area contributed by atoms with Crippen LogP contribution in [0, 0.1) is 0 Å².